The minimum absolute atomic E-state index is 0.182. The normalized spacial score (nSPS) is 14.3. The fraction of sp³-hybridized carbons (Fsp3) is 0.312. The van der Waals surface area contributed by atoms with E-state index in [4.69, 9.17) is 4.74 Å². The molecule has 1 N–H and O–H groups in total. The van der Waals surface area contributed by atoms with Gasteiger partial charge in [0.2, 0.25) is 0 Å². The molecule has 0 spiro atoms. The SMILES string of the molecule is COc1cncc(-c2ccc(CNC3CC3)c(F)c2)c1. The lowest BCUT2D eigenvalue weighted by atomic mass is 10.0. The van der Waals surface area contributed by atoms with E-state index in [0.717, 1.165) is 11.1 Å². The van der Waals surface area contributed by atoms with Crippen molar-refractivity contribution in [2.45, 2.75) is 25.4 Å². The maximum absolute atomic E-state index is 14.1. The molecule has 0 amide bonds. The van der Waals surface area contributed by atoms with Gasteiger partial charge in [0.25, 0.3) is 0 Å². The van der Waals surface area contributed by atoms with Gasteiger partial charge in [-0.05, 0) is 30.5 Å². The first-order valence-corrected chi connectivity index (χ1v) is 6.77. The predicted octanol–water partition coefficient (Wildman–Crippen LogP) is 3.15. The first kappa shape index (κ1) is 13.1. The Morgan fingerprint density at radius 2 is 2.10 bits per heavy atom. The summed E-state index contributed by atoms with van der Waals surface area (Å²) in [6.07, 6.45) is 5.75. The van der Waals surface area contributed by atoms with Crippen LogP contribution >= 0.6 is 0 Å². The molecule has 104 valence electrons. The number of ether oxygens (including phenoxy) is 1. The summed E-state index contributed by atoms with van der Waals surface area (Å²) in [5, 5.41) is 3.32. The Balaban J connectivity index is 1.80. The quantitative estimate of drug-likeness (QED) is 0.908. The standard InChI is InChI=1S/C16H17FN2O/c1-20-15-6-13(8-18-10-15)11-2-3-12(16(17)7-11)9-19-14-4-5-14/h2-3,6-8,10,14,19H,4-5,9H2,1H3. The second-order valence-corrected chi connectivity index (χ2v) is 5.07. The van der Waals surface area contributed by atoms with Gasteiger partial charge in [-0.1, -0.05) is 12.1 Å². The topological polar surface area (TPSA) is 34.1 Å². The first-order chi connectivity index (χ1) is 9.76. The number of hydrogen-bond donors (Lipinski definition) is 1. The van der Waals surface area contributed by atoms with Crippen LogP contribution in [0.4, 0.5) is 4.39 Å². The molecule has 0 radical (unpaired) electrons. The van der Waals surface area contributed by atoms with E-state index in [1.807, 2.05) is 18.2 Å². The zero-order chi connectivity index (χ0) is 13.9. The van der Waals surface area contributed by atoms with Gasteiger partial charge in [-0.2, -0.15) is 0 Å². The number of nitrogens with one attached hydrogen (secondary N) is 1. The number of methoxy groups -OCH3 is 1. The smallest absolute Gasteiger partial charge is 0.137 e. The molecule has 0 atom stereocenters. The van der Waals surface area contributed by atoms with E-state index < -0.39 is 0 Å². The van der Waals surface area contributed by atoms with Crippen molar-refractivity contribution in [3.05, 3.63) is 48.0 Å². The van der Waals surface area contributed by atoms with Crippen molar-refractivity contribution in [3.63, 3.8) is 0 Å². The molecule has 0 saturated heterocycles. The summed E-state index contributed by atoms with van der Waals surface area (Å²) in [4.78, 5) is 4.09. The molecular weight excluding hydrogens is 255 g/mol. The molecule has 3 rings (SSSR count). The molecule has 3 nitrogen and oxygen atoms in total. The minimum atomic E-state index is -0.182. The van der Waals surface area contributed by atoms with Gasteiger partial charge in [-0.3, -0.25) is 4.98 Å². The molecule has 1 aromatic heterocycles. The highest BCUT2D eigenvalue weighted by Gasteiger charge is 2.20. The summed E-state index contributed by atoms with van der Waals surface area (Å²) in [6, 6.07) is 7.74. The molecule has 0 bridgehead atoms. The summed E-state index contributed by atoms with van der Waals surface area (Å²) in [6.45, 7) is 0.590. The number of aromatic nitrogens is 1. The first-order valence-electron chi connectivity index (χ1n) is 6.77. The molecule has 1 saturated carbocycles. The van der Waals surface area contributed by atoms with Gasteiger partial charge >= 0.3 is 0 Å². The molecule has 1 aromatic carbocycles. The lowest BCUT2D eigenvalue weighted by molar-refractivity contribution is 0.413. The number of benzene rings is 1. The number of rotatable bonds is 5. The molecule has 1 heterocycles. The van der Waals surface area contributed by atoms with Crippen LogP contribution in [0.3, 0.4) is 0 Å². The van der Waals surface area contributed by atoms with E-state index in [9.17, 15) is 4.39 Å². The van der Waals surface area contributed by atoms with E-state index in [-0.39, 0.29) is 5.82 Å². The lowest BCUT2D eigenvalue weighted by Crippen LogP contribution is -2.16. The van der Waals surface area contributed by atoms with E-state index in [0.29, 0.717) is 23.9 Å². The summed E-state index contributed by atoms with van der Waals surface area (Å²) in [5.74, 6) is 0.487. The van der Waals surface area contributed by atoms with Gasteiger partial charge in [-0.25, -0.2) is 4.39 Å². The van der Waals surface area contributed by atoms with Crippen molar-refractivity contribution in [1.29, 1.82) is 0 Å². The van der Waals surface area contributed by atoms with Crippen molar-refractivity contribution in [2.75, 3.05) is 7.11 Å². The van der Waals surface area contributed by atoms with Crippen LogP contribution in [0.1, 0.15) is 18.4 Å². The molecule has 0 aliphatic heterocycles. The minimum Gasteiger partial charge on any atom is -0.495 e. The van der Waals surface area contributed by atoms with E-state index in [1.165, 1.54) is 12.8 Å². The highest BCUT2D eigenvalue weighted by molar-refractivity contribution is 5.64. The molecule has 20 heavy (non-hydrogen) atoms. The van der Waals surface area contributed by atoms with Crippen LogP contribution in [-0.4, -0.2) is 18.1 Å². The van der Waals surface area contributed by atoms with Gasteiger partial charge in [0, 0.05) is 29.9 Å². The molecule has 0 unspecified atom stereocenters. The zero-order valence-electron chi connectivity index (χ0n) is 11.4. The monoisotopic (exact) mass is 272 g/mol. The zero-order valence-corrected chi connectivity index (χ0v) is 11.4. The van der Waals surface area contributed by atoms with Crippen molar-refractivity contribution in [3.8, 4) is 16.9 Å². The van der Waals surface area contributed by atoms with Crippen molar-refractivity contribution < 1.29 is 9.13 Å². The summed E-state index contributed by atoms with van der Waals surface area (Å²) in [5.41, 5.74) is 2.37. The molecule has 1 fully saturated rings. The van der Waals surface area contributed by atoms with Gasteiger partial charge in [0.15, 0.2) is 0 Å². The number of pyridine rings is 1. The van der Waals surface area contributed by atoms with Crippen LogP contribution in [0.15, 0.2) is 36.7 Å². The third kappa shape index (κ3) is 2.96. The Morgan fingerprint density at radius 1 is 1.25 bits per heavy atom. The average molecular weight is 272 g/mol. The predicted molar refractivity (Wildman–Crippen MR) is 76.0 cm³/mol. The molecule has 1 aliphatic rings. The van der Waals surface area contributed by atoms with Crippen LogP contribution in [-0.2, 0) is 6.54 Å². The third-order valence-electron chi connectivity index (χ3n) is 3.49. The molecule has 1 aliphatic carbocycles. The number of nitrogens with zero attached hydrogens (tertiary/aromatic N) is 1. The van der Waals surface area contributed by atoms with Crippen molar-refractivity contribution >= 4 is 0 Å². The van der Waals surface area contributed by atoms with Crippen molar-refractivity contribution in [2.24, 2.45) is 0 Å². The Hall–Kier alpha value is -1.94. The lowest BCUT2D eigenvalue weighted by Gasteiger charge is -2.08. The van der Waals surface area contributed by atoms with Gasteiger partial charge in [-0.15, -0.1) is 0 Å². The highest BCUT2D eigenvalue weighted by Crippen LogP contribution is 2.25. The average Bonchev–Trinajstić information content (AvgIpc) is 3.30. The van der Waals surface area contributed by atoms with Crippen LogP contribution in [0.5, 0.6) is 5.75 Å². The summed E-state index contributed by atoms with van der Waals surface area (Å²) >= 11 is 0. The van der Waals surface area contributed by atoms with Crippen molar-refractivity contribution in [1.82, 2.24) is 10.3 Å². The summed E-state index contributed by atoms with van der Waals surface area (Å²) in [7, 11) is 1.59. The largest absolute Gasteiger partial charge is 0.495 e. The fourth-order valence-corrected chi connectivity index (χ4v) is 2.10. The fourth-order valence-electron chi connectivity index (χ4n) is 2.10. The second-order valence-electron chi connectivity index (χ2n) is 5.07. The maximum Gasteiger partial charge on any atom is 0.137 e. The van der Waals surface area contributed by atoms with Crippen LogP contribution in [0.2, 0.25) is 0 Å². The van der Waals surface area contributed by atoms with Crippen LogP contribution in [0, 0.1) is 5.82 Å². The molecular formula is C16H17FN2O. The number of halogens is 1. The van der Waals surface area contributed by atoms with E-state index in [2.05, 4.69) is 10.3 Å². The van der Waals surface area contributed by atoms with Crippen LogP contribution in [0.25, 0.3) is 11.1 Å². The van der Waals surface area contributed by atoms with Crippen LogP contribution < -0.4 is 10.1 Å². The molecule has 2 aromatic rings. The van der Waals surface area contributed by atoms with Gasteiger partial charge in [0.1, 0.15) is 11.6 Å². The molecule has 4 heteroatoms. The Morgan fingerprint density at radius 3 is 2.80 bits per heavy atom. The second kappa shape index (κ2) is 5.59. The van der Waals surface area contributed by atoms with Gasteiger partial charge < -0.3 is 10.1 Å². The van der Waals surface area contributed by atoms with Gasteiger partial charge in [0.05, 0.1) is 13.3 Å². The maximum atomic E-state index is 14.1. The Bertz CT molecular complexity index is 611. The van der Waals surface area contributed by atoms with E-state index >= 15 is 0 Å². The van der Waals surface area contributed by atoms with E-state index in [1.54, 1.807) is 25.6 Å². The highest BCUT2D eigenvalue weighted by atomic mass is 19.1. The number of hydrogen-bond acceptors (Lipinski definition) is 3. The summed E-state index contributed by atoms with van der Waals surface area (Å²) < 4.78 is 19.2. The Labute approximate surface area is 117 Å². The Kier molecular flexibility index (Phi) is 3.65. The third-order valence-corrected chi connectivity index (χ3v) is 3.49.